The van der Waals surface area contributed by atoms with Crippen LogP contribution in [0, 0.1) is 0 Å². The molecule has 15 heavy (non-hydrogen) atoms. The maximum absolute atomic E-state index is 11.4. The molecule has 3 amide bonds. The first-order chi connectivity index (χ1) is 7.29. The zero-order valence-corrected chi connectivity index (χ0v) is 8.14. The van der Waals surface area contributed by atoms with E-state index in [1.807, 2.05) is 0 Å². The molecule has 0 aliphatic rings. The van der Waals surface area contributed by atoms with Crippen molar-refractivity contribution in [3.63, 3.8) is 0 Å². The molecule has 0 aromatic heterocycles. The van der Waals surface area contributed by atoms with Crippen molar-refractivity contribution in [3.05, 3.63) is 43.0 Å². The molecule has 0 heterocycles. The number of amides is 3. The van der Waals surface area contributed by atoms with E-state index in [0.29, 0.717) is 12.2 Å². The maximum Gasteiger partial charge on any atom is 0.329 e. The number of nitrogens with one attached hydrogen (secondary N) is 1. The van der Waals surface area contributed by atoms with Gasteiger partial charge in [-0.05, 0) is 12.1 Å². The number of hydrogen-bond donors (Lipinski definition) is 1. The summed E-state index contributed by atoms with van der Waals surface area (Å²) >= 11 is 0. The van der Waals surface area contributed by atoms with Crippen LogP contribution >= 0.6 is 0 Å². The molecule has 4 heteroatoms. The van der Waals surface area contributed by atoms with Gasteiger partial charge in [0.1, 0.15) is 0 Å². The lowest BCUT2D eigenvalue weighted by Crippen LogP contribution is -2.39. The standard InChI is InChI=1S/C11H11N2O2/c1-2-8-12-11(15)13(9-14)10-6-4-3-5-7-10/h2-7H,1,8H2,(H,12,15). The quantitative estimate of drug-likeness (QED) is 0.594. The summed E-state index contributed by atoms with van der Waals surface area (Å²) in [5.74, 6) is 0. The van der Waals surface area contributed by atoms with E-state index in [1.54, 1.807) is 36.7 Å². The highest BCUT2D eigenvalue weighted by atomic mass is 16.2. The van der Waals surface area contributed by atoms with Crippen LogP contribution in [0.5, 0.6) is 0 Å². The first kappa shape index (κ1) is 11.0. The van der Waals surface area contributed by atoms with Crippen LogP contribution in [0.3, 0.4) is 0 Å². The van der Waals surface area contributed by atoms with Crippen molar-refractivity contribution in [2.24, 2.45) is 0 Å². The van der Waals surface area contributed by atoms with E-state index < -0.39 is 6.03 Å². The second-order valence-electron chi connectivity index (χ2n) is 2.74. The number of rotatable bonds is 4. The number of benzene rings is 1. The van der Waals surface area contributed by atoms with Crippen LogP contribution in [0.15, 0.2) is 43.0 Å². The van der Waals surface area contributed by atoms with Crippen LogP contribution < -0.4 is 10.2 Å². The van der Waals surface area contributed by atoms with Gasteiger partial charge < -0.3 is 5.32 Å². The molecule has 1 aromatic rings. The monoisotopic (exact) mass is 203 g/mol. The van der Waals surface area contributed by atoms with Crippen molar-refractivity contribution in [2.45, 2.75) is 0 Å². The molecule has 0 unspecified atom stereocenters. The third kappa shape index (κ3) is 2.95. The van der Waals surface area contributed by atoms with Crippen molar-refractivity contribution in [1.29, 1.82) is 0 Å². The first-order valence-corrected chi connectivity index (χ1v) is 4.41. The normalized spacial score (nSPS) is 9.07. The molecule has 0 fully saturated rings. The van der Waals surface area contributed by atoms with E-state index in [2.05, 4.69) is 11.9 Å². The van der Waals surface area contributed by atoms with E-state index >= 15 is 0 Å². The van der Waals surface area contributed by atoms with Crippen LogP contribution in [0.2, 0.25) is 0 Å². The summed E-state index contributed by atoms with van der Waals surface area (Å²) in [5.41, 5.74) is 0.481. The molecule has 1 rings (SSSR count). The first-order valence-electron chi connectivity index (χ1n) is 4.41. The van der Waals surface area contributed by atoms with E-state index in [0.717, 1.165) is 4.90 Å². The van der Waals surface area contributed by atoms with Crippen LogP contribution in [0.4, 0.5) is 10.5 Å². The summed E-state index contributed by atoms with van der Waals surface area (Å²) in [5, 5.41) is 2.49. The lowest BCUT2D eigenvalue weighted by Gasteiger charge is -2.14. The van der Waals surface area contributed by atoms with E-state index in [-0.39, 0.29) is 0 Å². The molecule has 1 aromatic carbocycles. The van der Waals surface area contributed by atoms with Crippen molar-refractivity contribution in [2.75, 3.05) is 11.4 Å². The Morgan fingerprint density at radius 2 is 2.13 bits per heavy atom. The van der Waals surface area contributed by atoms with Gasteiger partial charge >= 0.3 is 12.4 Å². The minimum Gasteiger partial charge on any atom is -0.334 e. The number of urea groups is 1. The number of carbonyl (C=O) groups is 1. The maximum atomic E-state index is 11.4. The zero-order chi connectivity index (χ0) is 11.1. The van der Waals surface area contributed by atoms with Gasteiger partial charge in [0.25, 0.3) is 0 Å². The Morgan fingerprint density at radius 3 is 2.67 bits per heavy atom. The minimum atomic E-state index is -0.517. The largest absolute Gasteiger partial charge is 0.334 e. The number of carbonyl (C=O) groups excluding carboxylic acids is 2. The van der Waals surface area contributed by atoms with E-state index in [1.165, 1.54) is 6.08 Å². The molecule has 0 atom stereocenters. The van der Waals surface area contributed by atoms with Gasteiger partial charge in [-0.1, -0.05) is 24.3 Å². The van der Waals surface area contributed by atoms with Crippen LogP contribution in [-0.2, 0) is 4.79 Å². The smallest absolute Gasteiger partial charge is 0.329 e. The number of nitrogens with zero attached hydrogens (tertiary/aromatic N) is 1. The topological polar surface area (TPSA) is 49.4 Å². The molecule has 1 N–H and O–H groups in total. The lowest BCUT2D eigenvalue weighted by atomic mass is 10.3. The van der Waals surface area contributed by atoms with Gasteiger partial charge in [-0.15, -0.1) is 6.58 Å². The highest BCUT2D eigenvalue weighted by Gasteiger charge is 2.13. The molecule has 0 saturated heterocycles. The third-order valence-electron chi connectivity index (χ3n) is 1.71. The summed E-state index contributed by atoms with van der Waals surface area (Å²) in [6.45, 7) is 3.77. The summed E-state index contributed by atoms with van der Waals surface area (Å²) in [6, 6.07) is 8.06. The molecule has 0 bridgehead atoms. The highest BCUT2D eigenvalue weighted by Crippen LogP contribution is 2.10. The number of anilines is 1. The molecule has 0 aliphatic heterocycles. The van der Waals surface area contributed by atoms with Gasteiger partial charge in [0.05, 0.1) is 5.69 Å². The molecule has 0 aliphatic carbocycles. The van der Waals surface area contributed by atoms with E-state index in [4.69, 9.17) is 0 Å². The van der Waals surface area contributed by atoms with Crippen molar-refractivity contribution in [3.8, 4) is 0 Å². The molecule has 77 valence electrons. The predicted octanol–water partition coefficient (Wildman–Crippen LogP) is 1.46. The summed E-state index contributed by atoms with van der Waals surface area (Å²) in [4.78, 5) is 22.9. The molecule has 0 spiro atoms. The van der Waals surface area contributed by atoms with E-state index in [9.17, 15) is 9.59 Å². The fraction of sp³-hybridized carbons (Fsp3) is 0.0909. The summed E-state index contributed by atoms with van der Waals surface area (Å²) in [7, 11) is 0. The molecular weight excluding hydrogens is 192 g/mol. The Kier molecular flexibility index (Phi) is 4.09. The van der Waals surface area contributed by atoms with Gasteiger partial charge in [-0.25, -0.2) is 9.69 Å². The Hall–Kier alpha value is -2.10. The predicted molar refractivity (Wildman–Crippen MR) is 58.2 cm³/mol. The molecule has 4 nitrogen and oxygen atoms in total. The van der Waals surface area contributed by atoms with Gasteiger partial charge in [0.2, 0.25) is 0 Å². The Bertz CT molecular complexity index is 349. The lowest BCUT2D eigenvalue weighted by molar-refractivity contribution is 0.250. The van der Waals surface area contributed by atoms with Crippen molar-refractivity contribution < 1.29 is 9.59 Å². The van der Waals surface area contributed by atoms with Crippen LogP contribution in [0.1, 0.15) is 0 Å². The average molecular weight is 203 g/mol. The third-order valence-corrected chi connectivity index (χ3v) is 1.71. The number of imide groups is 1. The molecular formula is C11H11N2O2. The SMILES string of the molecule is C=CCNC(=O)N([C]=O)c1ccccc1. The van der Waals surface area contributed by atoms with Gasteiger partial charge in [0, 0.05) is 6.54 Å². The second kappa shape index (κ2) is 5.59. The molecule has 0 saturated carbocycles. The van der Waals surface area contributed by atoms with Crippen molar-refractivity contribution in [1.82, 2.24) is 5.32 Å². The fourth-order valence-electron chi connectivity index (χ4n) is 1.03. The zero-order valence-electron chi connectivity index (χ0n) is 8.14. The summed E-state index contributed by atoms with van der Waals surface area (Å²) < 4.78 is 0. The molecule has 1 radical (unpaired) electrons. The Labute approximate surface area is 88.2 Å². The number of hydrogen-bond acceptors (Lipinski definition) is 2. The summed E-state index contributed by atoms with van der Waals surface area (Å²) in [6.07, 6.45) is 3.10. The van der Waals surface area contributed by atoms with Gasteiger partial charge in [0.15, 0.2) is 0 Å². The van der Waals surface area contributed by atoms with Crippen LogP contribution in [0.25, 0.3) is 0 Å². The average Bonchev–Trinajstić information content (AvgIpc) is 2.29. The Balaban J connectivity index is 2.76. The number of para-hydroxylation sites is 1. The minimum absolute atomic E-state index is 0.309. The van der Waals surface area contributed by atoms with Crippen molar-refractivity contribution >= 4 is 18.1 Å². The fourth-order valence-corrected chi connectivity index (χ4v) is 1.03. The van der Waals surface area contributed by atoms with Gasteiger partial charge in [-0.3, -0.25) is 4.79 Å². The van der Waals surface area contributed by atoms with Gasteiger partial charge in [-0.2, -0.15) is 0 Å². The highest BCUT2D eigenvalue weighted by molar-refractivity contribution is 6.06. The van der Waals surface area contributed by atoms with Crippen LogP contribution in [-0.4, -0.2) is 19.0 Å². The Morgan fingerprint density at radius 1 is 1.47 bits per heavy atom. The second-order valence-corrected chi connectivity index (χ2v) is 2.74.